The van der Waals surface area contributed by atoms with Crippen molar-refractivity contribution in [2.24, 2.45) is 0 Å². The van der Waals surface area contributed by atoms with Crippen LogP contribution in [0.25, 0.3) is 6.08 Å². The van der Waals surface area contributed by atoms with Gasteiger partial charge < -0.3 is 4.74 Å². The number of ether oxygens (including phenoxy) is 1. The number of nitrogens with zero attached hydrogens (tertiary/aromatic N) is 1. The molecule has 33 heavy (non-hydrogen) atoms. The van der Waals surface area contributed by atoms with E-state index in [0.29, 0.717) is 32.6 Å². The zero-order chi connectivity index (χ0) is 23.5. The molecule has 5 nitrogen and oxygen atoms in total. The van der Waals surface area contributed by atoms with Crippen LogP contribution in [0.4, 0.5) is 5.69 Å². The second-order valence-corrected chi connectivity index (χ2v) is 10.0. The Balaban J connectivity index is 1.62. The summed E-state index contributed by atoms with van der Waals surface area (Å²) in [6.07, 6.45) is 1.53. The van der Waals surface area contributed by atoms with Gasteiger partial charge in [-0.05, 0) is 91.6 Å². The number of carbonyl (C=O) groups excluding carboxylic acids is 2. The molecule has 0 unspecified atom stereocenters. The molecule has 4 rings (SSSR count). The number of amides is 2. The molecule has 1 heterocycles. The third-order valence-electron chi connectivity index (χ3n) is 4.73. The fraction of sp³-hybridized carbons (Fsp3) is 0.0417. The van der Waals surface area contributed by atoms with Crippen LogP contribution in [0.15, 0.2) is 85.7 Å². The summed E-state index contributed by atoms with van der Waals surface area (Å²) in [7, 11) is 0. The Bertz CT molecular complexity index is 1270. The number of rotatable bonds is 5. The number of benzene rings is 3. The van der Waals surface area contributed by atoms with E-state index in [0.717, 1.165) is 10.0 Å². The summed E-state index contributed by atoms with van der Waals surface area (Å²) in [6, 6.07) is 20.5. The van der Waals surface area contributed by atoms with Crippen molar-refractivity contribution in [2.75, 3.05) is 4.90 Å². The Hall–Kier alpha value is -2.33. The maximum absolute atomic E-state index is 13.2. The lowest BCUT2D eigenvalue weighted by Gasteiger charge is -2.29. The summed E-state index contributed by atoms with van der Waals surface area (Å²) in [4.78, 5) is 27.1. The van der Waals surface area contributed by atoms with Crippen molar-refractivity contribution in [3.8, 4) is 5.75 Å². The zero-order valence-corrected chi connectivity index (χ0v) is 22.4. The van der Waals surface area contributed by atoms with Crippen LogP contribution in [0.1, 0.15) is 11.1 Å². The van der Waals surface area contributed by atoms with Gasteiger partial charge in [-0.15, -0.1) is 0 Å². The summed E-state index contributed by atoms with van der Waals surface area (Å²) in [5.74, 6) is -0.427. The first-order chi connectivity index (χ1) is 15.8. The van der Waals surface area contributed by atoms with Gasteiger partial charge in [0, 0.05) is 4.47 Å². The number of hydrogen-bond donors (Lipinski definition) is 1. The number of anilines is 1. The minimum Gasteiger partial charge on any atom is -0.487 e. The van der Waals surface area contributed by atoms with E-state index in [1.54, 1.807) is 30.3 Å². The van der Waals surface area contributed by atoms with Gasteiger partial charge in [-0.25, -0.2) is 0 Å². The highest BCUT2D eigenvalue weighted by molar-refractivity contribution is 9.11. The van der Waals surface area contributed by atoms with Crippen molar-refractivity contribution in [3.05, 3.63) is 96.8 Å². The van der Waals surface area contributed by atoms with Crippen molar-refractivity contribution in [3.63, 3.8) is 0 Å². The van der Waals surface area contributed by atoms with E-state index in [-0.39, 0.29) is 10.7 Å². The second-order valence-electron chi connectivity index (χ2n) is 7.03. The first kappa shape index (κ1) is 23.8. The Kier molecular flexibility index (Phi) is 7.43. The molecule has 166 valence electrons. The Morgan fingerprint density at radius 3 is 2.30 bits per heavy atom. The molecule has 9 heteroatoms. The minimum atomic E-state index is -0.548. The van der Waals surface area contributed by atoms with Gasteiger partial charge in [0.2, 0.25) is 0 Å². The molecular weight excluding hydrogens is 636 g/mol. The number of thiocarbonyl (C=S) groups is 1. The van der Waals surface area contributed by atoms with Gasteiger partial charge in [-0.1, -0.05) is 52.3 Å². The van der Waals surface area contributed by atoms with Crippen molar-refractivity contribution < 1.29 is 14.3 Å². The lowest BCUT2D eigenvalue weighted by Crippen LogP contribution is -2.54. The number of nitrogens with one attached hydrogen (secondary N) is 1. The number of hydrogen-bond acceptors (Lipinski definition) is 4. The maximum Gasteiger partial charge on any atom is 0.270 e. The molecule has 1 N–H and O–H groups in total. The van der Waals surface area contributed by atoms with Crippen LogP contribution in [0.3, 0.4) is 0 Å². The number of carbonyl (C=O) groups is 2. The zero-order valence-electron chi connectivity index (χ0n) is 16.8. The van der Waals surface area contributed by atoms with Gasteiger partial charge in [0.1, 0.15) is 17.9 Å². The summed E-state index contributed by atoms with van der Waals surface area (Å²) < 4.78 is 8.11. The van der Waals surface area contributed by atoms with E-state index in [1.165, 1.54) is 11.0 Å². The molecule has 0 atom stereocenters. The van der Waals surface area contributed by atoms with E-state index < -0.39 is 11.8 Å². The predicted octanol–water partition coefficient (Wildman–Crippen LogP) is 6.38. The van der Waals surface area contributed by atoms with Crippen LogP contribution in [0.2, 0.25) is 0 Å². The molecule has 0 aromatic heterocycles. The maximum atomic E-state index is 13.2. The summed E-state index contributed by atoms with van der Waals surface area (Å²) in [5.41, 5.74) is 2.20. The standard InChI is InChI=1S/C24H15Br3N2O3S/c25-16-7-4-8-17(12-16)29-23(31)18(22(30)28-24(29)33)9-15-10-19(26)21(20(27)11-15)32-13-14-5-2-1-3-6-14/h1-12H,13H2,(H,28,30,33)/b18-9+. The quantitative estimate of drug-likeness (QED) is 0.198. The van der Waals surface area contributed by atoms with Crippen LogP contribution in [-0.2, 0) is 16.2 Å². The smallest absolute Gasteiger partial charge is 0.270 e. The van der Waals surface area contributed by atoms with E-state index in [9.17, 15) is 9.59 Å². The summed E-state index contributed by atoms with van der Waals surface area (Å²) in [6.45, 7) is 0.401. The first-order valence-electron chi connectivity index (χ1n) is 9.66. The van der Waals surface area contributed by atoms with E-state index in [1.807, 2.05) is 36.4 Å². The number of halogens is 3. The monoisotopic (exact) mass is 648 g/mol. The fourth-order valence-corrected chi connectivity index (χ4v) is 5.32. The molecule has 2 amide bonds. The van der Waals surface area contributed by atoms with Crippen LogP contribution < -0.4 is 15.0 Å². The van der Waals surface area contributed by atoms with Crippen molar-refractivity contribution in [1.29, 1.82) is 0 Å². The van der Waals surface area contributed by atoms with Gasteiger partial charge in [-0.2, -0.15) is 0 Å². The molecule has 0 spiro atoms. The first-order valence-corrected chi connectivity index (χ1v) is 12.4. The van der Waals surface area contributed by atoms with E-state index in [2.05, 4.69) is 53.1 Å². The molecule has 1 aliphatic heterocycles. The highest BCUT2D eigenvalue weighted by Gasteiger charge is 2.34. The average molecular weight is 651 g/mol. The predicted molar refractivity (Wildman–Crippen MR) is 143 cm³/mol. The largest absolute Gasteiger partial charge is 0.487 e. The van der Waals surface area contributed by atoms with Crippen molar-refractivity contribution in [2.45, 2.75) is 6.61 Å². The molecular formula is C24H15Br3N2O3S. The third-order valence-corrected chi connectivity index (χ3v) is 6.68. The van der Waals surface area contributed by atoms with Crippen LogP contribution in [-0.4, -0.2) is 16.9 Å². The normalized spacial score (nSPS) is 15.1. The third kappa shape index (κ3) is 5.43. The Morgan fingerprint density at radius 2 is 1.64 bits per heavy atom. The van der Waals surface area contributed by atoms with Gasteiger partial charge in [0.05, 0.1) is 14.6 Å². The topological polar surface area (TPSA) is 58.6 Å². The van der Waals surface area contributed by atoms with Crippen molar-refractivity contribution in [1.82, 2.24) is 5.32 Å². The van der Waals surface area contributed by atoms with E-state index in [4.69, 9.17) is 17.0 Å². The lowest BCUT2D eigenvalue weighted by molar-refractivity contribution is -0.122. The lowest BCUT2D eigenvalue weighted by atomic mass is 10.1. The molecule has 3 aromatic rings. The highest BCUT2D eigenvalue weighted by atomic mass is 79.9. The summed E-state index contributed by atoms with van der Waals surface area (Å²) in [5, 5.41) is 2.63. The average Bonchev–Trinajstić information content (AvgIpc) is 2.77. The Morgan fingerprint density at radius 1 is 0.939 bits per heavy atom. The summed E-state index contributed by atoms with van der Waals surface area (Å²) >= 11 is 15.7. The molecule has 0 saturated carbocycles. The van der Waals surface area contributed by atoms with Crippen LogP contribution in [0.5, 0.6) is 5.75 Å². The molecule has 1 saturated heterocycles. The SMILES string of the molecule is O=C1NC(=S)N(c2cccc(Br)c2)C(=O)/C1=C/c1cc(Br)c(OCc2ccccc2)c(Br)c1. The van der Waals surface area contributed by atoms with E-state index >= 15 is 0 Å². The van der Waals surface area contributed by atoms with Crippen LogP contribution in [0, 0.1) is 0 Å². The Labute approximate surface area is 221 Å². The molecule has 1 fully saturated rings. The van der Waals surface area contributed by atoms with Crippen molar-refractivity contribution >= 4 is 88.7 Å². The molecule has 1 aliphatic rings. The molecule has 0 radical (unpaired) electrons. The van der Waals surface area contributed by atoms with Gasteiger partial charge in [-0.3, -0.25) is 19.8 Å². The van der Waals surface area contributed by atoms with Gasteiger partial charge >= 0.3 is 0 Å². The van der Waals surface area contributed by atoms with Gasteiger partial charge in [0.15, 0.2) is 5.11 Å². The molecule has 3 aromatic carbocycles. The molecule has 0 bridgehead atoms. The second kappa shape index (κ2) is 10.3. The fourth-order valence-electron chi connectivity index (χ4n) is 3.20. The molecule has 0 aliphatic carbocycles. The minimum absolute atomic E-state index is 0.0275. The van der Waals surface area contributed by atoms with Gasteiger partial charge in [0.25, 0.3) is 11.8 Å². The highest BCUT2D eigenvalue weighted by Crippen LogP contribution is 2.36. The van der Waals surface area contributed by atoms with Crippen LogP contribution >= 0.6 is 60.0 Å².